The van der Waals surface area contributed by atoms with Crippen LogP contribution >= 0.6 is 0 Å². The predicted molar refractivity (Wildman–Crippen MR) is 84.3 cm³/mol. The van der Waals surface area contributed by atoms with Crippen LogP contribution in [0.15, 0.2) is 18.2 Å². The van der Waals surface area contributed by atoms with Crippen molar-refractivity contribution in [1.29, 1.82) is 0 Å². The van der Waals surface area contributed by atoms with Gasteiger partial charge in [0.25, 0.3) is 0 Å². The van der Waals surface area contributed by atoms with E-state index in [1.807, 2.05) is 6.92 Å². The number of ether oxygens (including phenoxy) is 2. The van der Waals surface area contributed by atoms with Crippen molar-refractivity contribution in [2.75, 3.05) is 33.0 Å². The summed E-state index contributed by atoms with van der Waals surface area (Å²) in [6.07, 6.45) is 1.13. The van der Waals surface area contributed by atoms with Crippen LogP contribution in [0.5, 0.6) is 0 Å². The first-order chi connectivity index (χ1) is 9.67. The zero-order valence-corrected chi connectivity index (χ0v) is 13.4. The molecular weight excluding hydrogens is 250 g/mol. The SMILES string of the molecule is CCCNC(COCCOCC)c1cc(C)cc(C)c1. The molecule has 3 nitrogen and oxygen atoms in total. The van der Waals surface area contributed by atoms with Crippen molar-refractivity contribution in [2.45, 2.75) is 40.2 Å². The third-order valence-corrected chi connectivity index (χ3v) is 3.15. The summed E-state index contributed by atoms with van der Waals surface area (Å²) < 4.78 is 11.0. The van der Waals surface area contributed by atoms with Gasteiger partial charge < -0.3 is 14.8 Å². The highest BCUT2D eigenvalue weighted by Crippen LogP contribution is 2.17. The molecule has 0 aliphatic heterocycles. The molecule has 0 fully saturated rings. The van der Waals surface area contributed by atoms with Crippen LogP contribution in [-0.4, -0.2) is 33.0 Å². The van der Waals surface area contributed by atoms with Gasteiger partial charge in [0.05, 0.1) is 25.9 Å². The highest BCUT2D eigenvalue weighted by atomic mass is 16.5. The van der Waals surface area contributed by atoms with Crippen molar-refractivity contribution >= 4 is 0 Å². The van der Waals surface area contributed by atoms with Crippen LogP contribution in [0.25, 0.3) is 0 Å². The molecule has 0 amide bonds. The summed E-state index contributed by atoms with van der Waals surface area (Å²) in [6.45, 7) is 12.2. The van der Waals surface area contributed by atoms with Crippen LogP contribution in [0.3, 0.4) is 0 Å². The minimum Gasteiger partial charge on any atom is -0.379 e. The van der Waals surface area contributed by atoms with E-state index in [0.29, 0.717) is 19.8 Å². The topological polar surface area (TPSA) is 30.5 Å². The lowest BCUT2D eigenvalue weighted by Gasteiger charge is -2.20. The van der Waals surface area contributed by atoms with Crippen molar-refractivity contribution in [2.24, 2.45) is 0 Å². The number of hydrogen-bond donors (Lipinski definition) is 1. The lowest BCUT2D eigenvalue weighted by Crippen LogP contribution is -2.27. The van der Waals surface area contributed by atoms with Gasteiger partial charge in [0.2, 0.25) is 0 Å². The molecule has 1 rings (SSSR count). The maximum atomic E-state index is 5.74. The third kappa shape index (κ3) is 6.51. The van der Waals surface area contributed by atoms with E-state index in [2.05, 4.69) is 44.3 Å². The summed E-state index contributed by atoms with van der Waals surface area (Å²) in [5, 5.41) is 3.57. The molecule has 1 aromatic rings. The van der Waals surface area contributed by atoms with Gasteiger partial charge in [-0.05, 0) is 39.3 Å². The smallest absolute Gasteiger partial charge is 0.0701 e. The van der Waals surface area contributed by atoms with E-state index in [9.17, 15) is 0 Å². The summed E-state index contributed by atoms with van der Waals surface area (Å²) in [6, 6.07) is 6.95. The van der Waals surface area contributed by atoms with E-state index in [-0.39, 0.29) is 6.04 Å². The van der Waals surface area contributed by atoms with Gasteiger partial charge in [-0.2, -0.15) is 0 Å². The second kappa shape index (κ2) is 9.92. The fourth-order valence-corrected chi connectivity index (χ4v) is 2.27. The van der Waals surface area contributed by atoms with Gasteiger partial charge in [-0.3, -0.25) is 0 Å². The Kier molecular flexibility index (Phi) is 8.51. The Hall–Kier alpha value is -0.900. The fraction of sp³-hybridized carbons (Fsp3) is 0.647. The van der Waals surface area contributed by atoms with E-state index >= 15 is 0 Å². The van der Waals surface area contributed by atoms with Gasteiger partial charge in [0, 0.05) is 6.61 Å². The van der Waals surface area contributed by atoms with E-state index < -0.39 is 0 Å². The molecule has 114 valence electrons. The minimum atomic E-state index is 0.259. The molecule has 1 aromatic carbocycles. The monoisotopic (exact) mass is 279 g/mol. The average Bonchev–Trinajstić information content (AvgIpc) is 2.40. The molecule has 0 aliphatic rings. The van der Waals surface area contributed by atoms with Crippen molar-refractivity contribution in [3.8, 4) is 0 Å². The van der Waals surface area contributed by atoms with Crippen molar-refractivity contribution < 1.29 is 9.47 Å². The molecule has 0 radical (unpaired) electrons. The van der Waals surface area contributed by atoms with Gasteiger partial charge in [0.15, 0.2) is 0 Å². The Balaban J connectivity index is 2.58. The molecular formula is C17H29NO2. The molecule has 1 atom stereocenters. The summed E-state index contributed by atoms with van der Waals surface area (Å²) in [5.74, 6) is 0. The van der Waals surface area contributed by atoms with Crippen LogP contribution in [0.2, 0.25) is 0 Å². The Morgan fingerprint density at radius 1 is 1.00 bits per heavy atom. The van der Waals surface area contributed by atoms with Crippen molar-refractivity contribution in [1.82, 2.24) is 5.32 Å². The zero-order valence-electron chi connectivity index (χ0n) is 13.4. The average molecular weight is 279 g/mol. The summed E-state index contributed by atoms with van der Waals surface area (Å²) in [5.41, 5.74) is 3.92. The molecule has 1 N–H and O–H groups in total. The minimum absolute atomic E-state index is 0.259. The summed E-state index contributed by atoms with van der Waals surface area (Å²) in [7, 11) is 0. The fourth-order valence-electron chi connectivity index (χ4n) is 2.27. The Morgan fingerprint density at radius 3 is 2.25 bits per heavy atom. The van der Waals surface area contributed by atoms with E-state index in [1.54, 1.807) is 0 Å². The van der Waals surface area contributed by atoms with Crippen LogP contribution in [0, 0.1) is 13.8 Å². The number of benzene rings is 1. The largest absolute Gasteiger partial charge is 0.379 e. The maximum absolute atomic E-state index is 5.74. The first kappa shape index (κ1) is 17.2. The molecule has 0 saturated heterocycles. The Morgan fingerprint density at radius 2 is 1.65 bits per heavy atom. The normalized spacial score (nSPS) is 12.6. The van der Waals surface area contributed by atoms with Crippen molar-refractivity contribution in [3.05, 3.63) is 34.9 Å². The number of rotatable bonds is 10. The zero-order chi connectivity index (χ0) is 14.8. The van der Waals surface area contributed by atoms with Crippen LogP contribution < -0.4 is 5.32 Å². The first-order valence-electron chi connectivity index (χ1n) is 7.64. The Bertz CT molecular complexity index is 359. The second-order valence-electron chi connectivity index (χ2n) is 5.20. The van der Waals surface area contributed by atoms with Gasteiger partial charge in [-0.1, -0.05) is 36.2 Å². The number of aryl methyl sites for hydroxylation is 2. The molecule has 0 heterocycles. The van der Waals surface area contributed by atoms with Crippen LogP contribution in [-0.2, 0) is 9.47 Å². The van der Waals surface area contributed by atoms with E-state index in [4.69, 9.17) is 9.47 Å². The highest BCUT2D eigenvalue weighted by Gasteiger charge is 2.11. The summed E-state index contributed by atoms with van der Waals surface area (Å²) in [4.78, 5) is 0. The molecule has 0 spiro atoms. The quantitative estimate of drug-likeness (QED) is 0.666. The molecule has 20 heavy (non-hydrogen) atoms. The van der Waals surface area contributed by atoms with Gasteiger partial charge in [-0.25, -0.2) is 0 Å². The molecule has 0 aromatic heterocycles. The van der Waals surface area contributed by atoms with Gasteiger partial charge >= 0.3 is 0 Å². The summed E-state index contributed by atoms with van der Waals surface area (Å²) >= 11 is 0. The highest BCUT2D eigenvalue weighted by molar-refractivity contribution is 5.30. The lowest BCUT2D eigenvalue weighted by atomic mass is 10.0. The third-order valence-electron chi connectivity index (χ3n) is 3.15. The Labute approximate surface area is 123 Å². The molecule has 3 heteroatoms. The van der Waals surface area contributed by atoms with E-state index in [0.717, 1.165) is 19.6 Å². The van der Waals surface area contributed by atoms with Crippen LogP contribution in [0.4, 0.5) is 0 Å². The van der Waals surface area contributed by atoms with Gasteiger partial charge in [0.1, 0.15) is 0 Å². The molecule has 0 bridgehead atoms. The second-order valence-corrected chi connectivity index (χ2v) is 5.20. The lowest BCUT2D eigenvalue weighted by molar-refractivity contribution is 0.0433. The molecule has 0 aliphatic carbocycles. The van der Waals surface area contributed by atoms with Crippen LogP contribution in [0.1, 0.15) is 43.0 Å². The van der Waals surface area contributed by atoms with Crippen molar-refractivity contribution in [3.63, 3.8) is 0 Å². The standard InChI is InChI=1S/C17H29NO2/c1-5-7-18-17(13-20-9-8-19-6-2)16-11-14(3)10-15(4)12-16/h10-12,17-18H,5-9,13H2,1-4H3. The molecule has 0 saturated carbocycles. The molecule has 1 unspecified atom stereocenters. The number of nitrogens with one attached hydrogen (secondary N) is 1. The first-order valence-corrected chi connectivity index (χ1v) is 7.64. The predicted octanol–water partition coefficient (Wildman–Crippen LogP) is 3.40. The van der Waals surface area contributed by atoms with E-state index in [1.165, 1.54) is 16.7 Å². The number of hydrogen-bond acceptors (Lipinski definition) is 3. The maximum Gasteiger partial charge on any atom is 0.0701 e. The van der Waals surface area contributed by atoms with Gasteiger partial charge in [-0.15, -0.1) is 0 Å².